The number of rotatable bonds is 4. The van der Waals surface area contributed by atoms with Crippen LogP contribution in [0.25, 0.3) is 10.8 Å². The van der Waals surface area contributed by atoms with E-state index in [4.69, 9.17) is 24.7 Å². The Bertz CT molecular complexity index is 2030. The summed E-state index contributed by atoms with van der Waals surface area (Å²) in [7, 11) is 1.40. The van der Waals surface area contributed by atoms with Gasteiger partial charge in [0, 0.05) is 61.2 Å². The summed E-state index contributed by atoms with van der Waals surface area (Å²) in [5.74, 6) is -9.24. The molecular weight excluding hydrogens is 732 g/mol. The molecule has 0 saturated carbocycles. The molecule has 3 heterocycles. The van der Waals surface area contributed by atoms with Gasteiger partial charge in [-0.05, 0) is 19.9 Å². The van der Waals surface area contributed by atoms with E-state index in [1.807, 2.05) is 5.43 Å². The number of hydrogen-bond acceptors (Lipinski definition) is 14. The van der Waals surface area contributed by atoms with E-state index in [0.29, 0.717) is 0 Å². The summed E-state index contributed by atoms with van der Waals surface area (Å²) in [4.78, 5) is 51.4. The molecule has 17 nitrogen and oxygen atoms in total. The number of Topliss-reactive ketones (excluding diaryl/α,β-unsaturated/α-hetero) is 1. The molecule has 9 N–H and O–H groups in total. The number of esters is 1. The molecule has 2 aromatic rings. The van der Waals surface area contributed by atoms with Crippen molar-refractivity contribution in [3.8, 4) is 23.0 Å². The van der Waals surface area contributed by atoms with Crippen LogP contribution >= 0.6 is 0 Å². The van der Waals surface area contributed by atoms with Gasteiger partial charge in [-0.1, -0.05) is 45.9 Å². The van der Waals surface area contributed by atoms with Gasteiger partial charge < -0.3 is 55.5 Å². The molecular formula is C39H50N4O13. The van der Waals surface area contributed by atoms with Gasteiger partial charge in [0.15, 0.2) is 5.75 Å². The van der Waals surface area contributed by atoms with Crippen LogP contribution in [-0.2, 0) is 23.8 Å². The number of methoxy groups -OCH3 is 1. The molecule has 0 radical (unpaired) electrons. The highest BCUT2D eigenvalue weighted by Crippen LogP contribution is 2.55. The Hall–Kier alpha value is -5.65. The normalized spacial score (nSPS) is 30.4. The number of carbonyl (C=O) groups excluding carboxylic acids is 4. The van der Waals surface area contributed by atoms with Gasteiger partial charge in [-0.2, -0.15) is 5.10 Å². The van der Waals surface area contributed by atoms with E-state index in [2.05, 4.69) is 10.4 Å². The summed E-state index contributed by atoms with van der Waals surface area (Å²) in [5.41, 5.74) is 6.04. The van der Waals surface area contributed by atoms with Crippen molar-refractivity contribution in [2.24, 2.45) is 34.5 Å². The zero-order valence-corrected chi connectivity index (χ0v) is 32.6. The standard InChI is InChI=1S/C39H50N4O13/c1-16-11-10-12-17(2)37(51)42-28-23(15-41-43-38(40)52)32(48)25-26(33(28)49)31(47)21(6)35-27(25)36(50)39(8,56-35)54-14-13-24(53-9)18(3)34(55-22(7)44)20(5)30(46)19(4)29(16)45/h10-16,18-20,24,29-30,34,45-49H,1-9H3,(H,42,51)(H3,40,43,52)/b11-10-,14-13?,17-12-,41-15+. The second kappa shape index (κ2) is 17.0. The number of phenols is 3. The number of carbonyl (C=O) groups is 4. The molecule has 0 aliphatic carbocycles. The average Bonchev–Trinajstić information content (AvgIpc) is 3.41. The molecule has 9 atom stereocenters. The first kappa shape index (κ1) is 43.1. The number of fused-ring (bicyclic) bond motifs is 14. The third-order valence-electron chi connectivity index (χ3n) is 10.4. The molecule has 3 amide bonds. The molecule has 0 aromatic heterocycles. The van der Waals surface area contributed by atoms with Crippen LogP contribution in [0.4, 0.5) is 10.5 Å². The van der Waals surface area contributed by atoms with E-state index in [0.717, 1.165) is 12.5 Å². The van der Waals surface area contributed by atoms with Crippen molar-refractivity contribution in [3.05, 3.63) is 52.8 Å². The van der Waals surface area contributed by atoms with E-state index in [1.54, 1.807) is 33.8 Å². The molecule has 5 rings (SSSR count). The summed E-state index contributed by atoms with van der Waals surface area (Å²) >= 11 is 0. The van der Waals surface area contributed by atoms with Crippen molar-refractivity contribution in [2.75, 3.05) is 12.4 Å². The number of allylic oxidation sites excluding steroid dienone is 2. The van der Waals surface area contributed by atoms with Gasteiger partial charge in [0.25, 0.3) is 11.7 Å². The lowest BCUT2D eigenvalue weighted by molar-refractivity contribution is -0.160. The lowest BCUT2D eigenvalue weighted by Crippen LogP contribution is -2.46. The first-order valence-electron chi connectivity index (χ1n) is 17.8. The Kier molecular flexibility index (Phi) is 13.1. The van der Waals surface area contributed by atoms with Gasteiger partial charge in [-0.3, -0.25) is 14.4 Å². The predicted molar refractivity (Wildman–Crippen MR) is 204 cm³/mol. The van der Waals surface area contributed by atoms with Crippen molar-refractivity contribution in [1.29, 1.82) is 0 Å². The number of hydrazone groups is 1. The highest BCUT2D eigenvalue weighted by Gasteiger charge is 2.50. The number of aliphatic hydroxyl groups excluding tert-OH is 2. The number of aliphatic hydroxyl groups is 2. The van der Waals surface area contributed by atoms with Gasteiger partial charge in [0.1, 0.15) is 23.4 Å². The molecule has 3 aliphatic rings. The maximum atomic E-state index is 14.2. The largest absolute Gasteiger partial charge is 0.507 e. The molecule has 0 fully saturated rings. The number of amides is 3. The predicted octanol–water partition coefficient (Wildman–Crippen LogP) is 3.76. The Morgan fingerprint density at radius 1 is 0.982 bits per heavy atom. The number of ketones is 1. The summed E-state index contributed by atoms with van der Waals surface area (Å²) < 4.78 is 23.3. The fourth-order valence-corrected chi connectivity index (χ4v) is 7.03. The van der Waals surface area contributed by atoms with E-state index < -0.39 is 106 Å². The summed E-state index contributed by atoms with van der Waals surface area (Å²) in [6.45, 7) is 12.2. The van der Waals surface area contributed by atoms with Gasteiger partial charge in [0.2, 0.25) is 0 Å². The van der Waals surface area contributed by atoms with Crippen LogP contribution in [-0.4, -0.2) is 92.8 Å². The molecule has 56 heavy (non-hydrogen) atoms. The zero-order chi connectivity index (χ0) is 42.0. The minimum atomic E-state index is -2.10. The van der Waals surface area contributed by atoms with Crippen LogP contribution in [0.2, 0.25) is 0 Å². The van der Waals surface area contributed by atoms with Crippen molar-refractivity contribution in [1.82, 2.24) is 5.43 Å². The fourth-order valence-electron chi connectivity index (χ4n) is 7.03. The second-order valence-corrected chi connectivity index (χ2v) is 14.4. The molecule has 17 heteroatoms. The van der Waals surface area contributed by atoms with E-state index >= 15 is 0 Å². The Morgan fingerprint density at radius 3 is 2.25 bits per heavy atom. The van der Waals surface area contributed by atoms with Crippen LogP contribution in [0.15, 0.2) is 41.2 Å². The molecule has 5 bridgehead atoms. The molecule has 9 unspecified atom stereocenters. The molecule has 3 aliphatic heterocycles. The highest BCUT2D eigenvalue weighted by atomic mass is 16.7. The SMILES string of the molecule is COC1C=COC2(C)Oc3c(C)c(O)c4c(O)c(c(/C=N/NC(N)=O)c(O)c4c3C2=O)NC(=O)/C(C)=C\C=C/C(C)C(O)C(C)C(O)C(C)C(OC(C)=O)C1C. The van der Waals surface area contributed by atoms with Gasteiger partial charge >= 0.3 is 17.8 Å². The topological polar surface area (TPSA) is 269 Å². The summed E-state index contributed by atoms with van der Waals surface area (Å²) in [5, 5.41) is 62.9. The number of primary amides is 1. The number of nitrogens with two attached hydrogens (primary N) is 1. The number of benzene rings is 2. The zero-order valence-electron chi connectivity index (χ0n) is 32.6. The van der Waals surface area contributed by atoms with Crippen molar-refractivity contribution < 1.29 is 63.7 Å². The Labute approximate surface area is 323 Å². The van der Waals surface area contributed by atoms with Gasteiger partial charge in [0.05, 0.1) is 53.0 Å². The molecule has 2 aromatic carbocycles. The monoisotopic (exact) mass is 782 g/mol. The summed E-state index contributed by atoms with van der Waals surface area (Å²) in [6.07, 6.45) is 4.02. The number of nitrogens with zero attached hydrogens (tertiary/aromatic N) is 1. The minimum absolute atomic E-state index is 0.0154. The molecule has 304 valence electrons. The van der Waals surface area contributed by atoms with Crippen LogP contribution in [0.3, 0.4) is 0 Å². The lowest BCUT2D eigenvalue weighted by atomic mass is 9.78. The average molecular weight is 783 g/mol. The maximum Gasteiger partial charge on any atom is 0.332 e. The van der Waals surface area contributed by atoms with Gasteiger partial charge in [-0.15, -0.1) is 0 Å². The molecule has 0 saturated heterocycles. The summed E-state index contributed by atoms with van der Waals surface area (Å²) in [6, 6.07) is -1.07. The number of urea groups is 1. The van der Waals surface area contributed by atoms with E-state index in [1.165, 1.54) is 53.0 Å². The number of nitrogens with one attached hydrogen (secondary N) is 2. The number of aromatic hydroxyl groups is 3. The number of hydrogen-bond donors (Lipinski definition) is 8. The highest BCUT2D eigenvalue weighted by molar-refractivity contribution is 6.23. The van der Waals surface area contributed by atoms with Crippen LogP contribution < -0.4 is 21.2 Å². The number of anilines is 1. The Morgan fingerprint density at radius 2 is 1.64 bits per heavy atom. The Balaban J connectivity index is 1.98. The van der Waals surface area contributed by atoms with E-state index in [9.17, 15) is 44.7 Å². The lowest BCUT2D eigenvalue weighted by Gasteiger charge is -2.38. The third kappa shape index (κ3) is 8.29. The first-order chi connectivity index (χ1) is 26.2. The van der Waals surface area contributed by atoms with Crippen LogP contribution in [0, 0.1) is 30.6 Å². The van der Waals surface area contributed by atoms with Gasteiger partial charge in [-0.25, -0.2) is 10.2 Å². The van der Waals surface area contributed by atoms with Crippen LogP contribution in [0.5, 0.6) is 23.0 Å². The smallest absolute Gasteiger partial charge is 0.332 e. The van der Waals surface area contributed by atoms with Crippen molar-refractivity contribution in [2.45, 2.75) is 85.6 Å². The van der Waals surface area contributed by atoms with Crippen molar-refractivity contribution in [3.63, 3.8) is 0 Å². The van der Waals surface area contributed by atoms with E-state index in [-0.39, 0.29) is 33.4 Å². The fraction of sp³-hybridized carbons (Fsp3) is 0.462. The van der Waals surface area contributed by atoms with Crippen LogP contribution in [0.1, 0.15) is 70.0 Å². The second-order valence-electron chi connectivity index (χ2n) is 14.4. The maximum absolute atomic E-state index is 14.2. The minimum Gasteiger partial charge on any atom is -0.507 e. The quantitative estimate of drug-likeness (QED) is 0.0723. The first-order valence-corrected chi connectivity index (χ1v) is 17.8. The number of ether oxygens (including phenoxy) is 4. The number of phenolic OH excluding ortho intramolecular Hbond substituents is 3. The molecule has 0 spiro atoms. The third-order valence-corrected chi connectivity index (χ3v) is 10.4. The van der Waals surface area contributed by atoms with Crippen molar-refractivity contribution >= 4 is 46.4 Å².